The minimum Gasteiger partial charge on any atom is -0.331 e. The lowest BCUT2D eigenvalue weighted by molar-refractivity contribution is 0.0812. The van der Waals surface area contributed by atoms with Gasteiger partial charge < -0.3 is 4.90 Å². The van der Waals surface area contributed by atoms with E-state index < -0.39 is 0 Å². The largest absolute Gasteiger partial charge is 0.331 e. The van der Waals surface area contributed by atoms with E-state index in [2.05, 4.69) is 21.9 Å². The van der Waals surface area contributed by atoms with Crippen molar-refractivity contribution in [3.8, 4) is 12.3 Å². The van der Waals surface area contributed by atoms with Gasteiger partial charge in [0.25, 0.3) is 5.91 Å². The normalized spacial score (nSPS) is 9.47. The second-order valence-corrected chi connectivity index (χ2v) is 4.28. The summed E-state index contributed by atoms with van der Waals surface area (Å²) in [7, 11) is 1.66. The van der Waals surface area contributed by atoms with Crippen LogP contribution in [0.4, 0.5) is 0 Å². The number of carbonyl (C=O) groups is 1. The van der Waals surface area contributed by atoms with E-state index in [0.717, 1.165) is 0 Å². The van der Waals surface area contributed by atoms with Gasteiger partial charge in [-0.25, -0.2) is 0 Å². The molecule has 1 aromatic carbocycles. The van der Waals surface area contributed by atoms with Crippen molar-refractivity contribution in [1.82, 2.24) is 4.90 Å². The van der Waals surface area contributed by atoms with Crippen molar-refractivity contribution in [3.63, 3.8) is 0 Å². The van der Waals surface area contributed by atoms with Crippen LogP contribution in [0.2, 0.25) is 5.02 Å². The summed E-state index contributed by atoms with van der Waals surface area (Å²) in [6.45, 7) is 0.286. The monoisotopic (exact) mass is 285 g/mol. The molecule has 0 aromatic heterocycles. The third-order valence-electron chi connectivity index (χ3n) is 1.84. The molecule has 78 valence electrons. The smallest absolute Gasteiger partial charge is 0.255 e. The summed E-state index contributed by atoms with van der Waals surface area (Å²) in [5.74, 6) is 2.28. The van der Waals surface area contributed by atoms with Crippen molar-refractivity contribution in [2.24, 2.45) is 0 Å². The average molecular weight is 287 g/mol. The maximum absolute atomic E-state index is 11.8. The SMILES string of the molecule is C#CCN(C)C(=O)c1ccc(Cl)cc1Br. The van der Waals surface area contributed by atoms with Crippen LogP contribution in [0.15, 0.2) is 22.7 Å². The fourth-order valence-corrected chi connectivity index (χ4v) is 1.93. The first-order valence-corrected chi connectivity index (χ1v) is 5.37. The van der Waals surface area contributed by atoms with Gasteiger partial charge in [-0.3, -0.25) is 4.79 Å². The molecule has 2 nitrogen and oxygen atoms in total. The van der Waals surface area contributed by atoms with Crippen molar-refractivity contribution >= 4 is 33.4 Å². The highest BCUT2D eigenvalue weighted by Crippen LogP contribution is 2.22. The molecule has 0 radical (unpaired) electrons. The van der Waals surface area contributed by atoms with Gasteiger partial charge in [0, 0.05) is 16.5 Å². The van der Waals surface area contributed by atoms with E-state index in [1.807, 2.05) is 0 Å². The number of amides is 1. The molecule has 0 unspecified atom stereocenters. The van der Waals surface area contributed by atoms with Gasteiger partial charge in [0.1, 0.15) is 0 Å². The maximum Gasteiger partial charge on any atom is 0.255 e. The number of rotatable bonds is 2. The molecule has 0 N–H and O–H groups in total. The zero-order chi connectivity index (χ0) is 11.4. The van der Waals surface area contributed by atoms with E-state index in [0.29, 0.717) is 15.1 Å². The molecule has 0 bridgehead atoms. The Balaban J connectivity index is 2.97. The fraction of sp³-hybridized carbons (Fsp3) is 0.182. The third kappa shape index (κ3) is 2.98. The minimum absolute atomic E-state index is 0.128. The summed E-state index contributed by atoms with van der Waals surface area (Å²) in [6.07, 6.45) is 5.13. The number of hydrogen-bond acceptors (Lipinski definition) is 1. The molecule has 1 amide bonds. The van der Waals surface area contributed by atoms with Gasteiger partial charge in [0.15, 0.2) is 0 Å². The molecule has 1 rings (SSSR count). The van der Waals surface area contributed by atoms with E-state index in [4.69, 9.17) is 18.0 Å². The van der Waals surface area contributed by atoms with Crippen molar-refractivity contribution in [3.05, 3.63) is 33.3 Å². The van der Waals surface area contributed by atoms with Gasteiger partial charge in [-0.1, -0.05) is 17.5 Å². The predicted octanol–water partition coefficient (Wildman–Crippen LogP) is 2.81. The van der Waals surface area contributed by atoms with Crippen LogP contribution in [-0.4, -0.2) is 24.4 Å². The lowest BCUT2D eigenvalue weighted by atomic mass is 10.2. The van der Waals surface area contributed by atoms with E-state index in [1.165, 1.54) is 4.90 Å². The quantitative estimate of drug-likeness (QED) is 0.766. The van der Waals surface area contributed by atoms with Crippen molar-refractivity contribution in [2.75, 3.05) is 13.6 Å². The lowest BCUT2D eigenvalue weighted by Gasteiger charge is -2.14. The van der Waals surface area contributed by atoms with Crippen LogP contribution in [0, 0.1) is 12.3 Å². The molecule has 4 heteroatoms. The Bertz CT molecular complexity index is 425. The van der Waals surface area contributed by atoms with Gasteiger partial charge in [0.2, 0.25) is 0 Å². The Morgan fingerprint density at radius 1 is 1.67 bits per heavy atom. The van der Waals surface area contributed by atoms with Crippen LogP contribution in [-0.2, 0) is 0 Å². The van der Waals surface area contributed by atoms with Gasteiger partial charge in [0.05, 0.1) is 12.1 Å². The van der Waals surface area contributed by atoms with Crippen molar-refractivity contribution in [2.45, 2.75) is 0 Å². The minimum atomic E-state index is -0.128. The first kappa shape index (κ1) is 12.1. The highest BCUT2D eigenvalue weighted by molar-refractivity contribution is 9.10. The summed E-state index contributed by atoms with van der Waals surface area (Å²) in [4.78, 5) is 13.3. The second kappa shape index (κ2) is 5.20. The van der Waals surface area contributed by atoms with E-state index in [1.54, 1.807) is 25.2 Å². The second-order valence-electron chi connectivity index (χ2n) is 2.99. The number of carbonyl (C=O) groups excluding carboxylic acids is 1. The Hall–Kier alpha value is -0.980. The van der Waals surface area contributed by atoms with Crippen LogP contribution < -0.4 is 0 Å². The summed E-state index contributed by atoms with van der Waals surface area (Å²) >= 11 is 9.06. The first-order chi connectivity index (χ1) is 7.06. The maximum atomic E-state index is 11.8. The number of terminal acetylenes is 1. The summed E-state index contributed by atoms with van der Waals surface area (Å²) < 4.78 is 0.670. The molecular formula is C11H9BrClNO. The van der Waals surface area contributed by atoms with Crippen molar-refractivity contribution in [1.29, 1.82) is 0 Å². The summed E-state index contributed by atoms with van der Waals surface area (Å²) in [5.41, 5.74) is 0.553. The van der Waals surface area contributed by atoms with Crippen LogP contribution in [0.5, 0.6) is 0 Å². The van der Waals surface area contributed by atoms with E-state index in [-0.39, 0.29) is 12.5 Å². The fourth-order valence-electron chi connectivity index (χ4n) is 1.08. The molecule has 0 atom stereocenters. The Morgan fingerprint density at radius 3 is 2.87 bits per heavy atom. The Morgan fingerprint density at radius 2 is 2.33 bits per heavy atom. The van der Waals surface area contributed by atoms with Gasteiger partial charge in [-0.2, -0.15) is 0 Å². The first-order valence-electron chi connectivity index (χ1n) is 4.20. The van der Waals surface area contributed by atoms with Crippen LogP contribution >= 0.6 is 27.5 Å². The molecule has 1 aromatic rings. The molecular weight excluding hydrogens is 277 g/mol. The molecule has 0 aliphatic heterocycles. The van der Waals surface area contributed by atoms with Crippen LogP contribution in [0.3, 0.4) is 0 Å². The molecule has 0 spiro atoms. The standard InChI is InChI=1S/C11H9BrClNO/c1-3-6-14(2)11(15)9-5-4-8(13)7-10(9)12/h1,4-5,7H,6H2,2H3. The van der Waals surface area contributed by atoms with Crippen LogP contribution in [0.25, 0.3) is 0 Å². The highest BCUT2D eigenvalue weighted by Gasteiger charge is 2.13. The molecule has 0 heterocycles. The number of benzene rings is 1. The van der Waals surface area contributed by atoms with Crippen LogP contribution in [0.1, 0.15) is 10.4 Å². The summed E-state index contributed by atoms with van der Waals surface area (Å²) in [5, 5.41) is 0.582. The van der Waals surface area contributed by atoms with Crippen molar-refractivity contribution < 1.29 is 4.79 Å². The zero-order valence-electron chi connectivity index (χ0n) is 8.13. The highest BCUT2D eigenvalue weighted by atomic mass is 79.9. The summed E-state index contributed by atoms with van der Waals surface area (Å²) in [6, 6.07) is 5.02. The number of nitrogens with zero attached hydrogens (tertiary/aromatic N) is 1. The Kier molecular flexibility index (Phi) is 4.19. The third-order valence-corrected chi connectivity index (χ3v) is 2.73. The van der Waals surface area contributed by atoms with Gasteiger partial charge in [-0.15, -0.1) is 6.42 Å². The number of hydrogen-bond donors (Lipinski definition) is 0. The van der Waals surface area contributed by atoms with Gasteiger partial charge in [-0.05, 0) is 34.1 Å². The van der Waals surface area contributed by atoms with E-state index >= 15 is 0 Å². The number of halogens is 2. The Labute approximate surface area is 102 Å². The molecule has 15 heavy (non-hydrogen) atoms. The van der Waals surface area contributed by atoms with Gasteiger partial charge >= 0.3 is 0 Å². The topological polar surface area (TPSA) is 20.3 Å². The molecule has 0 aliphatic rings. The predicted molar refractivity (Wildman–Crippen MR) is 64.9 cm³/mol. The lowest BCUT2D eigenvalue weighted by Crippen LogP contribution is -2.27. The molecule has 0 aliphatic carbocycles. The molecule has 0 saturated heterocycles. The molecule has 0 saturated carbocycles. The zero-order valence-corrected chi connectivity index (χ0v) is 10.5. The van der Waals surface area contributed by atoms with E-state index in [9.17, 15) is 4.79 Å². The molecule has 0 fully saturated rings. The average Bonchev–Trinajstić information content (AvgIpc) is 2.17.